The minimum absolute atomic E-state index is 0.181. The average Bonchev–Trinajstić information content (AvgIpc) is 2.86. The van der Waals surface area contributed by atoms with Crippen molar-refractivity contribution < 1.29 is 9.15 Å². The lowest BCUT2D eigenvalue weighted by atomic mass is 9.83. The first-order valence-electron chi connectivity index (χ1n) is 13.7. The lowest BCUT2D eigenvalue weighted by molar-refractivity contribution is 0.155. The van der Waals surface area contributed by atoms with Crippen LogP contribution in [0.25, 0.3) is 23.0 Å². The Morgan fingerprint density at radius 1 is 0.795 bits per heavy atom. The summed E-state index contributed by atoms with van der Waals surface area (Å²) in [5.41, 5.74) is 1.41. The quantitative estimate of drug-likeness (QED) is 0.360. The summed E-state index contributed by atoms with van der Waals surface area (Å²) in [6.07, 6.45) is 5.79. The van der Waals surface area contributed by atoms with E-state index in [4.69, 9.17) is 9.15 Å². The molecule has 204 valence electrons. The van der Waals surface area contributed by atoms with E-state index in [0.29, 0.717) is 5.76 Å². The monoisotopic (exact) mass is 525 g/mol. The van der Waals surface area contributed by atoms with E-state index in [1.165, 1.54) is 0 Å². The zero-order chi connectivity index (χ0) is 28.9. The number of rotatable bonds is 3. The molecule has 0 amide bonds. The van der Waals surface area contributed by atoms with E-state index >= 15 is 0 Å². The Labute approximate surface area is 231 Å². The number of hydrogen-bond donors (Lipinski definition) is 0. The van der Waals surface area contributed by atoms with Crippen molar-refractivity contribution in [1.29, 1.82) is 0 Å². The van der Waals surface area contributed by atoms with Crippen molar-refractivity contribution in [2.24, 2.45) is 16.7 Å². The molecule has 0 atom stereocenters. The molecule has 0 saturated heterocycles. The van der Waals surface area contributed by atoms with Gasteiger partial charge in [-0.3, -0.25) is 9.59 Å². The topological polar surface area (TPSA) is 54.7 Å². The predicted molar refractivity (Wildman–Crippen MR) is 160 cm³/mol. The minimum atomic E-state index is -0.245. The van der Waals surface area contributed by atoms with Crippen LogP contribution in [0, 0.1) is 16.7 Å². The molecule has 2 aromatic carbocycles. The highest BCUT2D eigenvalue weighted by atomic mass is 16.5. The van der Waals surface area contributed by atoms with E-state index < -0.39 is 0 Å². The molecule has 3 aromatic rings. The smallest absolute Gasteiger partial charge is 0.360 e. The summed E-state index contributed by atoms with van der Waals surface area (Å²) in [6, 6.07) is 13.7. The van der Waals surface area contributed by atoms with Crippen LogP contribution in [0.1, 0.15) is 80.6 Å². The van der Waals surface area contributed by atoms with E-state index in [-0.39, 0.29) is 43.5 Å². The zero-order valence-corrected chi connectivity index (χ0v) is 25.0. The summed E-state index contributed by atoms with van der Waals surface area (Å²) < 4.78 is 12.5. The number of hydrogen-bond acceptors (Lipinski definition) is 3. The highest BCUT2D eigenvalue weighted by Crippen LogP contribution is 2.40. The standard InChI is InChI=1S/C35H41O4/c1-21(24-19-28(34(5,6)7)39-29(20-24)35(8,9)10)30-31(36)25(32(30)37)16-22-17-26(23-14-12-11-13-15-23)38-27(18-22)33(2,3)4/h11-20,24H,1-10H3/q+1. The number of benzene rings is 1. The molecular weight excluding hydrogens is 484 g/mol. The van der Waals surface area contributed by atoms with Gasteiger partial charge in [0.15, 0.2) is 0 Å². The highest BCUT2D eigenvalue weighted by molar-refractivity contribution is 5.63. The van der Waals surface area contributed by atoms with Gasteiger partial charge in [-0.25, -0.2) is 4.42 Å². The molecule has 0 bridgehead atoms. The van der Waals surface area contributed by atoms with E-state index in [1.807, 2.05) is 61.5 Å². The third kappa shape index (κ3) is 5.90. The summed E-state index contributed by atoms with van der Waals surface area (Å²) in [5, 5.41) is 0.489. The van der Waals surface area contributed by atoms with Crippen molar-refractivity contribution >= 4 is 11.6 Å². The van der Waals surface area contributed by atoms with Gasteiger partial charge < -0.3 is 4.74 Å². The molecule has 4 heteroatoms. The molecule has 0 aliphatic carbocycles. The van der Waals surface area contributed by atoms with Crippen molar-refractivity contribution in [3.05, 3.63) is 108 Å². The maximum Gasteiger partial charge on any atom is 0.360 e. The summed E-state index contributed by atoms with van der Waals surface area (Å²) in [4.78, 5) is 26.8. The van der Waals surface area contributed by atoms with Gasteiger partial charge in [-0.2, -0.15) is 0 Å². The maximum atomic E-state index is 13.4. The minimum Gasteiger partial charge on any atom is -0.466 e. The van der Waals surface area contributed by atoms with Gasteiger partial charge in [0.2, 0.25) is 10.9 Å². The fourth-order valence-electron chi connectivity index (χ4n) is 4.57. The fourth-order valence-corrected chi connectivity index (χ4v) is 4.57. The molecule has 2 heterocycles. The van der Waals surface area contributed by atoms with Gasteiger partial charge in [0.1, 0.15) is 11.5 Å². The van der Waals surface area contributed by atoms with E-state index in [2.05, 4.69) is 62.3 Å². The van der Waals surface area contributed by atoms with Crippen LogP contribution in [0.5, 0.6) is 0 Å². The Morgan fingerprint density at radius 3 is 1.82 bits per heavy atom. The molecule has 4 rings (SSSR count). The molecule has 0 fully saturated rings. The van der Waals surface area contributed by atoms with Crippen LogP contribution in [0.3, 0.4) is 0 Å². The molecule has 4 nitrogen and oxygen atoms in total. The molecular formula is C35H41O4+. The van der Waals surface area contributed by atoms with Crippen LogP contribution < -0.4 is 21.3 Å². The van der Waals surface area contributed by atoms with E-state index in [9.17, 15) is 9.59 Å². The first-order chi connectivity index (χ1) is 18.0. The van der Waals surface area contributed by atoms with Gasteiger partial charge in [0.05, 0.1) is 27.5 Å². The van der Waals surface area contributed by atoms with Gasteiger partial charge >= 0.3 is 11.5 Å². The molecule has 1 aliphatic heterocycles. The summed E-state index contributed by atoms with van der Waals surface area (Å²) >= 11 is 0. The largest absolute Gasteiger partial charge is 0.466 e. The van der Waals surface area contributed by atoms with Crippen LogP contribution in [0.4, 0.5) is 0 Å². The van der Waals surface area contributed by atoms with E-state index in [0.717, 1.165) is 34.0 Å². The molecule has 0 saturated carbocycles. The first-order valence-corrected chi connectivity index (χ1v) is 13.7. The Morgan fingerprint density at radius 2 is 1.33 bits per heavy atom. The van der Waals surface area contributed by atoms with Crippen LogP contribution in [0.2, 0.25) is 0 Å². The summed E-state index contributed by atoms with van der Waals surface area (Å²) in [5.74, 6) is 3.00. The predicted octanol–water partition coefficient (Wildman–Crippen LogP) is 6.63. The van der Waals surface area contributed by atoms with Crippen molar-refractivity contribution in [2.75, 3.05) is 0 Å². The lowest BCUT2D eigenvalue weighted by Crippen LogP contribution is -2.65. The van der Waals surface area contributed by atoms with Gasteiger partial charge in [0, 0.05) is 22.8 Å². The van der Waals surface area contributed by atoms with Gasteiger partial charge in [-0.1, -0.05) is 59.7 Å². The number of allylic oxidation sites excluding steroid dienone is 4. The Kier molecular flexibility index (Phi) is 7.23. The molecule has 0 unspecified atom stereocenters. The number of ether oxygens (including phenoxy) is 1. The van der Waals surface area contributed by atoms with Crippen LogP contribution in [-0.2, 0) is 10.2 Å². The second kappa shape index (κ2) is 9.89. The SMILES string of the molecule is CC(=c1c(=O)c(=Cc2cc(-c3ccccc3)[o+]c(C(C)(C)C)c2)c1=O)C1C=C(C(C)(C)C)OC(C(C)(C)C)=C1. The first kappa shape index (κ1) is 28.5. The molecule has 0 spiro atoms. The Balaban J connectivity index is 1.86. The van der Waals surface area contributed by atoms with Crippen molar-refractivity contribution in [1.82, 2.24) is 0 Å². The fraction of sp³-hybridized carbons (Fsp3) is 0.400. The second-order valence-corrected chi connectivity index (χ2v) is 13.7. The van der Waals surface area contributed by atoms with Crippen LogP contribution in [-0.4, -0.2) is 0 Å². The average molecular weight is 526 g/mol. The van der Waals surface area contributed by atoms with Crippen molar-refractivity contribution in [3.8, 4) is 11.3 Å². The molecule has 39 heavy (non-hydrogen) atoms. The summed E-state index contributed by atoms with van der Waals surface area (Å²) in [6.45, 7) is 20.7. The van der Waals surface area contributed by atoms with Gasteiger partial charge in [-0.05, 0) is 69.2 Å². The van der Waals surface area contributed by atoms with Gasteiger partial charge in [-0.15, -0.1) is 0 Å². The molecule has 0 N–H and O–H groups in total. The zero-order valence-electron chi connectivity index (χ0n) is 25.0. The third-order valence-corrected chi connectivity index (χ3v) is 7.12. The Hall–Kier alpha value is -3.53. The van der Waals surface area contributed by atoms with Crippen molar-refractivity contribution in [2.45, 2.75) is 74.7 Å². The van der Waals surface area contributed by atoms with E-state index in [1.54, 1.807) is 6.08 Å². The lowest BCUT2D eigenvalue weighted by Gasteiger charge is -2.34. The highest BCUT2D eigenvalue weighted by Gasteiger charge is 2.32. The van der Waals surface area contributed by atoms with Gasteiger partial charge in [0.25, 0.3) is 0 Å². The maximum absolute atomic E-state index is 13.4. The molecule has 1 aliphatic rings. The van der Waals surface area contributed by atoms with Crippen molar-refractivity contribution in [3.63, 3.8) is 0 Å². The Bertz CT molecular complexity index is 1590. The second-order valence-electron chi connectivity index (χ2n) is 13.7. The van der Waals surface area contributed by atoms with Crippen LogP contribution in [0.15, 0.2) is 80.1 Å². The normalized spacial score (nSPS) is 15.0. The third-order valence-electron chi connectivity index (χ3n) is 7.12. The molecule has 0 radical (unpaired) electrons. The molecule has 1 aromatic heterocycles. The summed E-state index contributed by atoms with van der Waals surface area (Å²) in [7, 11) is 0. The van der Waals surface area contributed by atoms with Crippen LogP contribution >= 0.6 is 0 Å².